The molecule has 0 spiro atoms. The summed E-state index contributed by atoms with van der Waals surface area (Å²) in [6.45, 7) is 4.15. The average molecular weight is 793 g/mol. The monoisotopic (exact) mass is 791 g/mol. The SMILES string of the molecule is COc1nc(COc2cccc(-c3cccc(NC(=O)c4ccc(CN5CC6C(C5)C6C(=O)O)cn4)c3Cl)c2Cl)c(Cl)cc1CN1CC2C(C1)C2C(=O)O. The third-order valence-corrected chi connectivity index (χ3v) is 12.2. The summed E-state index contributed by atoms with van der Waals surface area (Å²) in [7, 11) is 1.54. The molecule has 0 bridgehead atoms. The molecule has 2 saturated carbocycles. The molecular formula is C39H36Cl3N5O7. The van der Waals surface area contributed by atoms with Crippen LogP contribution < -0.4 is 14.8 Å². The van der Waals surface area contributed by atoms with E-state index in [1.165, 1.54) is 0 Å². The van der Waals surface area contributed by atoms with E-state index in [-0.39, 0.29) is 52.8 Å². The number of carbonyl (C=O) groups is 3. The van der Waals surface area contributed by atoms with Gasteiger partial charge in [0, 0.05) is 62.2 Å². The van der Waals surface area contributed by atoms with Crippen LogP contribution in [0.1, 0.15) is 27.3 Å². The minimum absolute atomic E-state index is 0.00662. The molecule has 15 heteroatoms. The van der Waals surface area contributed by atoms with E-state index in [0.29, 0.717) is 70.4 Å². The molecule has 4 heterocycles. The molecule has 0 radical (unpaired) electrons. The summed E-state index contributed by atoms with van der Waals surface area (Å²) in [6, 6.07) is 15.9. The van der Waals surface area contributed by atoms with Gasteiger partial charge in [-0.05, 0) is 53.5 Å². The van der Waals surface area contributed by atoms with Crippen LogP contribution >= 0.6 is 34.8 Å². The number of piperidine rings is 2. The minimum atomic E-state index is -0.718. The fourth-order valence-electron chi connectivity index (χ4n) is 8.31. The summed E-state index contributed by atoms with van der Waals surface area (Å²) in [5.41, 5.74) is 3.99. The Morgan fingerprint density at radius 2 is 1.44 bits per heavy atom. The van der Waals surface area contributed by atoms with Gasteiger partial charge in [0.05, 0.1) is 39.7 Å². The predicted molar refractivity (Wildman–Crippen MR) is 201 cm³/mol. The summed E-state index contributed by atoms with van der Waals surface area (Å²) in [5, 5.41) is 22.4. The van der Waals surface area contributed by atoms with E-state index < -0.39 is 17.8 Å². The molecule has 2 aromatic carbocycles. The number of hydrogen-bond donors (Lipinski definition) is 3. The van der Waals surface area contributed by atoms with Crippen molar-refractivity contribution in [3.63, 3.8) is 0 Å². The van der Waals surface area contributed by atoms with Crippen LogP contribution in [0.2, 0.25) is 15.1 Å². The molecule has 12 nitrogen and oxygen atoms in total. The number of hydrogen-bond acceptors (Lipinski definition) is 9. The maximum atomic E-state index is 13.2. The highest BCUT2D eigenvalue weighted by Gasteiger charge is 2.60. The molecule has 4 fully saturated rings. The number of nitrogens with one attached hydrogen (secondary N) is 1. The summed E-state index contributed by atoms with van der Waals surface area (Å²) < 4.78 is 11.7. The van der Waals surface area contributed by atoms with E-state index >= 15 is 0 Å². The number of nitrogens with zero attached hydrogens (tertiary/aromatic N) is 4. The van der Waals surface area contributed by atoms with Crippen LogP contribution in [0, 0.1) is 35.5 Å². The second-order valence-corrected chi connectivity index (χ2v) is 15.6. The van der Waals surface area contributed by atoms with E-state index in [1.807, 2.05) is 12.1 Å². The number of anilines is 1. The Morgan fingerprint density at radius 3 is 2.04 bits per heavy atom. The number of fused-ring (bicyclic) bond motifs is 2. The van der Waals surface area contributed by atoms with Crippen LogP contribution in [0.3, 0.4) is 0 Å². The van der Waals surface area contributed by atoms with Crippen molar-refractivity contribution >= 4 is 58.3 Å². The van der Waals surface area contributed by atoms with Crippen molar-refractivity contribution in [3.8, 4) is 22.8 Å². The molecule has 2 aliphatic carbocycles. The highest BCUT2D eigenvalue weighted by molar-refractivity contribution is 6.39. The van der Waals surface area contributed by atoms with Crippen molar-refractivity contribution in [2.24, 2.45) is 35.5 Å². The summed E-state index contributed by atoms with van der Waals surface area (Å²) in [5.74, 6) is -0.663. The number of methoxy groups -OCH3 is 1. The molecule has 2 saturated heterocycles. The lowest BCUT2D eigenvalue weighted by molar-refractivity contribution is -0.140. The first-order chi connectivity index (χ1) is 26.0. The summed E-state index contributed by atoms with van der Waals surface area (Å²) >= 11 is 20.4. The number of benzene rings is 2. The molecule has 8 rings (SSSR count). The largest absolute Gasteiger partial charge is 0.486 e. The minimum Gasteiger partial charge on any atom is -0.486 e. The van der Waals surface area contributed by atoms with E-state index in [9.17, 15) is 24.6 Å². The van der Waals surface area contributed by atoms with Crippen LogP contribution in [0.15, 0.2) is 60.8 Å². The second-order valence-electron chi connectivity index (χ2n) is 14.4. The molecule has 280 valence electrons. The van der Waals surface area contributed by atoms with Gasteiger partial charge in [0.25, 0.3) is 5.91 Å². The first-order valence-electron chi connectivity index (χ1n) is 17.6. The number of carbonyl (C=O) groups excluding carboxylic acids is 1. The molecule has 2 aliphatic heterocycles. The van der Waals surface area contributed by atoms with Crippen molar-refractivity contribution in [2.75, 3.05) is 38.6 Å². The number of carboxylic acids is 2. The van der Waals surface area contributed by atoms with Crippen LogP contribution in [-0.2, 0) is 29.3 Å². The van der Waals surface area contributed by atoms with Gasteiger partial charge in [0.2, 0.25) is 5.88 Å². The van der Waals surface area contributed by atoms with Crippen LogP contribution in [0.25, 0.3) is 11.1 Å². The molecule has 2 aromatic heterocycles. The standard InChI is InChI=1S/C39H36Cl3N5O7/c1-53-37-20(13-47-16-25-26(17-47)33(25)39(51)52)10-27(40)30(45-37)18-54-31-7-3-5-22(35(31)42)21-4-2-6-28(34(21)41)44-36(48)29-9-8-19(11-43-29)12-46-14-23-24(15-46)32(23)38(49)50/h2-11,23-26,32-33H,12-18H2,1H3,(H,44,48)(H,49,50)(H,51,52). The number of carboxylic acid groups (broad SMARTS) is 2. The highest BCUT2D eigenvalue weighted by atomic mass is 35.5. The van der Waals surface area contributed by atoms with Gasteiger partial charge >= 0.3 is 11.9 Å². The van der Waals surface area contributed by atoms with Crippen molar-refractivity contribution in [1.82, 2.24) is 19.8 Å². The number of amides is 1. The predicted octanol–water partition coefficient (Wildman–Crippen LogP) is 6.47. The third kappa shape index (κ3) is 7.09. The topological polar surface area (TPSA) is 154 Å². The Kier molecular flexibility index (Phi) is 9.90. The molecule has 54 heavy (non-hydrogen) atoms. The maximum Gasteiger partial charge on any atom is 0.307 e. The van der Waals surface area contributed by atoms with Gasteiger partial charge in [0.1, 0.15) is 23.7 Å². The molecule has 4 atom stereocenters. The fourth-order valence-corrected chi connectivity index (χ4v) is 9.09. The lowest BCUT2D eigenvalue weighted by atomic mass is 10.0. The first-order valence-corrected chi connectivity index (χ1v) is 18.7. The van der Waals surface area contributed by atoms with Crippen LogP contribution in [0.5, 0.6) is 11.6 Å². The van der Waals surface area contributed by atoms with Crippen LogP contribution in [0.4, 0.5) is 5.69 Å². The van der Waals surface area contributed by atoms with E-state index in [2.05, 4.69) is 25.1 Å². The molecule has 4 unspecified atom stereocenters. The number of aromatic nitrogens is 2. The van der Waals surface area contributed by atoms with Crippen molar-refractivity contribution < 1.29 is 34.1 Å². The van der Waals surface area contributed by atoms with Gasteiger partial charge < -0.3 is 25.0 Å². The van der Waals surface area contributed by atoms with E-state index in [1.54, 1.807) is 55.8 Å². The quantitative estimate of drug-likeness (QED) is 0.137. The first kappa shape index (κ1) is 36.5. The van der Waals surface area contributed by atoms with E-state index in [4.69, 9.17) is 44.3 Å². The Hall–Kier alpha value is -4.46. The third-order valence-electron chi connectivity index (χ3n) is 11.1. The zero-order chi connectivity index (χ0) is 37.8. The number of pyridine rings is 2. The van der Waals surface area contributed by atoms with Gasteiger partial charge in [-0.2, -0.15) is 0 Å². The Bertz CT molecular complexity index is 2130. The van der Waals surface area contributed by atoms with Gasteiger partial charge in [-0.1, -0.05) is 65.1 Å². The fraction of sp³-hybridized carbons (Fsp3) is 0.359. The number of aliphatic carboxylic acids is 2. The lowest BCUT2D eigenvalue weighted by Gasteiger charge is -2.20. The normalized spacial score (nSPS) is 24.1. The van der Waals surface area contributed by atoms with E-state index in [0.717, 1.165) is 24.2 Å². The van der Waals surface area contributed by atoms with Crippen molar-refractivity contribution in [1.29, 1.82) is 0 Å². The van der Waals surface area contributed by atoms with Gasteiger partial charge in [0.15, 0.2) is 0 Å². The lowest BCUT2D eigenvalue weighted by Crippen LogP contribution is -2.26. The van der Waals surface area contributed by atoms with Crippen molar-refractivity contribution in [2.45, 2.75) is 19.7 Å². The summed E-state index contributed by atoms with van der Waals surface area (Å²) in [4.78, 5) is 49.2. The Morgan fingerprint density at radius 1 is 0.833 bits per heavy atom. The summed E-state index contributed by atoms with van der Waals surface area (Å²) in [6.07, 6.45) is 1.67. The number of likely N-dealkylation sites (tertiary alicyclic amines) is 2. The van der Waals surface area contributed by atoms with Gasteiger partial charge in [-0.25, -0.2) is 4.98 Å². The second kappa shape index (κ2) is 14.6. The zero-order valence-electron chi connectivity index (χ0n) is 29.0. The van der Waals surface area contributed by atoms with Gasteiger partial charge in [-0.3, -0.25) is 29.2 Å². The Balaban J connectivity index is 0.898. The molecule has 4 aromatic rings. The highest BCUT2D eigenvalue weighted by Crippen LogP contribution is 2.53. The number of halogens is 3. The number of ether oxygens (including phenoxy) is 2. The zero-order valence-corrected chi connectivity index (χ0v) is 31.3. The molecular weight excluding hydrogens is 757 g/mol. The van der Waals surface area contributed by atoms with Gasteiger partial charge in [-0.15, -0.1) is 0 Å². The smallest absolute Gasteiger partial charge is 0.307 e. The molecule has 4 aliphatic rings. The van der Waals surface area contributed by atoms with Crippen LogP contribution in [-0.4, -0.2) is 81.1 Å². The molecule has 1 amide bonds. The average Bonchev–Trinajstić information content (AvgIpc) is 3.90. The maximum absolute atomic E-state index is 13.2. The molecule has 3 N–H and O–H groups in total. The number of rotatable bonds is 13. The van der Waals surface area contributed by atoms with Crippen molar-refractivity contribution in [3.05, 3.63) is 98.4 Å². The Labute approximate surface area is 326 Å².